The molecule has 142 valence electrons. The van der Waals surface area contributed by atoms with Gasteiger partial charge < -0.3 is 9.64 Å². The smallest absolute Gasteiger partial charge is 0.291 e. The molecule has 2 rings (SSSR count). The van der Waals surface area contributed by atoms with Crippen LogP contribution < -0.4 is 0 Å². The quantitative estimate of drug-likeness (QED) is 0.396. The number of rotatable bonds is 8. The molecule has 0 aliphatic carbocycles. The lowest BCUT2D eigenvalue weighted by Crippen LogP contribution is -2.47. The second-order valence-corrected chi connectivity index (χ2v) is 7.76. The fourth-order valence-electron chi connectivity index (χ4n) is 2.93. The van der Waals surface area contributed by atoms with Crippen molar-refractivity contribution in [3.8, 4) is 0 Å². The van der Waals surface area contributed by atoms with Crippen LogP contribution in [0.15, 0.2) is 24.5 Å². The van der Waals surface area contributed by atoms with E-state index in [4.69, 9.17) is 17.0 Å². The van der Waals surface area contributed by atoms with Gasteiger partial charge in [0.05, 0.1) is 6.61 Å². The number of Topliss-reactive ketones (excluding diaryl/α,β-unsaturated/α-hetero) is 1. The highest BCUT2D eigenvalue weighted by Gasteiger charge is 2.40. The van der Waals surface area contributed by atoms with Crippen LogP contribution in [0.3, 0.4) is 0 Å². The SMILES string of the molecule is CCC(C)(C)C(=O)C(=O)N1CCCC1C(=S)OCCCc1cccnc1. The maximum Gasteiger partial charge on any atom is 0.291 e. The van der Waals surface area contributed by atoms with Crippen molar-refractivity contribution in [1.82, 2.24) is 9.88 Å². The summed E-state index contributed by atoms with van der Waals surface area (Å²) in [5, 5.41) is 0.421. The van der Waals surface area contributed by atoms with Gasteiger partial charge in [-0.15, -0.1) is 0 Å². The summed E-state index contributed by atoms with van der Waals surface area (Å²) in [4.78, 5) is 30.8. The second kappa shape index (κ2) is 9.21. The van der Waals surface area contributed by atoms with Crippen molar-refractivity contribution in [3.05, 3.63) is 30.1 Å². The van der Waals surface area contributed by atoms with Gasteiger partial charge in [0.2, 0.25) is 5.78 Å². The number of ketones is 1. The van der Waals surface area contributed by atoms with E-state index in [9.17, 15) is 9.59 Å². The minimum absolute atomic E-state index is 0.271. The molecule has 0 radical (unpaired) electrons. The fourth-order valence-corrected chi connectivity index (χ4v) is 3.25. The van der Waals surface area contributed by atoms with E-state index in [2.05, 4.69) is 4.98 Å². The second-order valence-electron chi connectivity index (χ2n) is 7.36. The molecule has 1 aromatic rings. The monoisotopic (exact) mass is 376 g/mol. The van der Waals surface area contributed by atoms with E-state index in [-0.39, 0.29) is 11.8 Å². The van der Waals surface area contributed by atoms with Crippen molar-refractivity contribution in [2.45, 2.75) is 58.9 Å². The molecule has 1 aliphatic heterocycles. The summed E-state index contributed by atoms with van der Waals surface area (Å²) < 4.78 is 5.73. The summed E-state index contributed by atoms with van der Waals surface area (Å²) in [7, 11) is 0. The Morgan fingerprint density at radius 2 is 2.19 bits per heavy atom. The molecule has 1 amide bonds. The molecule has 5 nitrogen and oxygen atoms in total. The summed E-state index contributed by atoms with van der Waals surface area (Å²) in [5.41, 5.74) is 0.517. The standard InChI is InChI=1S/C20H28N2O3S/c1-4-20(2,3)17(23)18(24)22-12-6-10-16(22)19(26)25-13-7-9-15-8-5-11-21-14-15/h5,8,11,14,16H,4,6-7,9-10,12-13H2,1-3H3. The molecule has 0 N–H and O–H groups in total. The largest absolute Gasteiger partial charge is 0.485 e. The number of pyridine rings is 1. The van der Waals surface area contributed by atoms with Crippen molar-refractivity contribution in [2.75, 3.05) is 13.2 Å². The molecular formula is C20H28N2O3S. The maximum atomic E-state index is 12.6. The number of hydrogen-bond donors (Lipinski definition) is 0. The highest BCUT2D eigenvalue weighted by Crippen LogP contribution is 2.26. The Labute approximate surface area is 161 Å². The van der Waals surface area contributed by atoms with Crippen molar-refractivity contribution in [2.24, 2.45) is 5.41 Å². The van der Waals surface area contributed by atoms with Crippen LogP contribution in [0.25, 0.3) is 0 Å². The number of aryl methyl sites for hydroxylation is 1. The van der Waals surface area contributed by atoms with Crippen molar-refractivity contribution < 1.29 is 14.3 Å². The van der Waals surface area contributed by atoms with Gasteiger partial charge in [0.15, 0.2) is 5.05 Å². The first-order valence-corrected chi connectivity index (χ1v) is 9.68. The first kappa shape index (κ1) is 20.5. The molecular weight excluding hydrogens is 348 g/mol. The molecule has 0 spiro atoms. The topological polar surface area (TPSA) is 59.5 Å². The van der Waals surface area contributed by atoms with Crippen LogP contribution in [-0.4, -0.2) is 45.8 Å². The number of hydrogen-bond acceptors (Lipinski definition) is 5. The van der Waals surface area contributed by atoms with Crippen molar-refractivity contribution in [1.29, 1.82) is 0 Å². The third-order valence-corrected chi connectivity index (χ3v) is 5.45. The number of ether oxygens (including phenoxy) is 1. The zero-order valence-corrected chi connectivity index (χ0v) is 16.7. The molecule has 26 heavy (non-hydrogen) atoms. The number of carbonyl (C=O) groups excluding carboxylic acids is 2. The van der Waals surface area contributed by atoms with Crippen LogP contribution >= 0.6 is 12.2 Å². The predicted molar refractivity (Wildman–Crippen MR) is 105 cm³/mol. The molecule has 1 atom stereocenters. The van der Waals surface area contributed by atoms with Gasteiger partial charge in [-0.25, -0.2) is 0 Å². The van der Waals surface area contributed by atoms with E-state index in [1.165, 1.54) is 0 Å². The molecule has 0 bridgehead atoms. The van der Waals surface area contributed by atoms with Crippen LogP contribution in [0.5, 0.6) is 0 Å². The van der Waals surface area contributed by atoms with Crippen LogP contribution in [0.1, 0.15) is 52.0 Å². The van der Waals surface area contributed by atoms with E-state index in [0.29, 0.717) is 24.6 Å². The Morgan fingerprint density at radius 1 is 1.42 bits per heavy atom. The van der Waals surface area contributed by atoms with Gasteiger partial charge in [-0.1, -0.05) is 26.8 Å². The van der Waals surface area contributed by atoms with Gasteiger partial charge in [0, 0.05) is 24.4 Å². The molecule has 0 saturated carbocycles. The maximum absolute atomic E-state index is 12.6. The molecule has 0 aromatic carbocycles. The molecule has 6 heteroatoms. The number of aromatic nitrogens is 1. The fraction of sp³-hybridized carbons (Fsp3) is 0.600. The van der Waals surface area contributed by atoms with E-state index < -0.39 is 11.3 Å². The molecule has 1 saturated heterocycles. The normalized spacial score (nSPS) is 17.2. The molecule has 1 fully saturated rings. The molecule has 1 unspecified atom stereocenters. The average molecular weight is 377 g/mol. The zero-order valence-electron chi connectivity index (χ0n) is 15.9. The Hall–Kier alpha value is -1.82. The number of nitrogens with zero attached hydrogens (tertiary/aromatic N) is 2. The van der Waals surface area contributed by atoms with E-state index in [1.54, 1.807) is 11.1 Å². The highest BCUT2D eigenvalue weighted by atomic mass is 32.1. The van der Waals surface area contributed by atoms with Gasteiger partial charge in [-0.2, -0.15) is 0 Å². The van der Waals surface area contributed by atoms with Crippen molar-refractivity contribution in [3.63, 3.8) is 0 Å². The number of likely N-dealkylation sites (tertiary alicyclic amines) is 1. The van der Waals surface area contributed by atoms with Crippen LogP contribution in [0.4, 0.5) is 0 Å². The Bertz CT molecular complexity index is 646. The Balaban J connectivity index is 1.85. The number of carbonyl (C=O) groups is 2. The van der Waals surface area contributed by atoms with Crippen LogP contribution in [0.2, 0.25) is 0 Å². The van der Waals surface area contributed by atoms with Gasteiger partial charge in [-0.05, 0) is 56.0 Å². The van der Waals surface area contributed by atoms with Gasteiger partial charge in [-0.3, -0.25) is 14.6 Å². The lowest BCUT2D eigenvalue weighted by atomic mass is 9.84. The van der Waals surface area contributed by atoms with Gasteiger partial charge in [0.1, 0.15) is 6.04 Å². The molecule has 2 heterocycles. The lowest BCUT2D eigenvalue weighted by Gasteiger charge is -2.28. The first-order valence-electron chi connectivity index (χ1n) is 9.27. The van der Waals surface area contributed by atoms with E-state index in [1.807, 2.05) is 39.1 Å². The minimum Gasteiger partial charge on any atom is -0.485 e. The average Bonchev–Trinajstić information content (AvgIpc) is 3.14. The summed E-state index contributed by atoms with van der Waals surface area (Å²) in [6, 6.07) is 3.68. The lowest BCUT2D eigenvalue weighted by molar-refractivity contribution is -0.149. The minimum atomic E-state index is -0.642. The van der Waals surface area contributed by atoms with Crippen LogP contribution in [-0.2, 0) is 20.7 Å². The summed E-state index contributed by atoms with van der Waals surface area (Å²) in [6.45, 7) is 6.61. The first-order chi connectivity index (χ1) is 12.4. The Kier molecular flexibility index (Phi) is 7.26. The third kappa shape index (κ3) is 5.10. The summed E-state index contributed by atoms with van der Waals surface area (Å²) in [5.74, 6) is -0.771. The van der Waals surface area contributed by atoms with Gasteiger partial charge in [0.25, 0.3) is 5.91 Å². The summed E-state index contributed by atoms with van der Waals surface area (Å²) >= 11 is 5.41. The Morgan fingerprint density at radius 3 is 2.85 bits per heavy atom. The predicted octanol–water partition coefficient (Wildman–Crippen LogP) is 3.35. The van der Waals surface area contributed by atoms with Crippen molar-refractivity contribution >= 4 is 29.0 Å². The highest BCUT2D eigenvalue weighted by molar-refractivity contribution is 7.80. The number of amides is 1. The van der Waals surface area contributed by atoms with E-state index >= 15 is 0 Å². The van der Waals surface area contributed by atoms with Gasteiger partial charge >= 0.3 is 0 Å². The van der Waals surface area contributed by atoms with Crippen LogP contribution in [0, 0.1) is 5.41 Å². The third-order valence-electron chi connectivity index (χ3n) is 5.06. The molecule has 1 aromatic heterocycles. The molecule has 1 aliphatic rings. The van der Waals surface area contributed by atoms with E-state index in [0.717, 1.165) is 31.2 Å². The summed E-state index contributed by atoms with van der Waals surface area (Å²) in [6.07, 6.45) is 7.52. The number of thiocarbonyl (C=S) groups is 1. The zero-order chi connectivity index (χ0) is 19.2.